The van der Waals surface area contributed by atoms with Crippen LogP contribution < -0.4 is 9.47 Å². The molecule has 1 heterocycles. The van der Waals surface area contributed by atoms with Crippen molar-refractivity contribution in [2.24, 2.45) is 22.9 Å². The number of oxime groups is 1. The maximum atomic E-state index is 9.97. The van der Waals surface area contributed by atoms with Crippen LogP contribution in [0.25, 0.3) is 11.1 Å². The summed E-state index contributed by atoms with van der Waals surface area (Å²) in [6.45, 7) is 7.11. The fourth-order valence-corrected chi connectivity index (χ4v) is 12.1. The van der Waals surface area contributed by atoms with E-state index in [9.17, 15) is 10.2 Å². The molecule has 2 N–H and O–H groups in total. The van der Waals surface area contributed by atoms with Crippen molar-refractivity contribution in [3.63, 3.8) is 0 Å². The second-order valence-electron chi connectivity index (χ2n) is 18.4. The first-order valence-corrected chi connectivity index (χ1v) is 26.2. The Hall–Kier alpha value is -3.56. The number of thioether (sulfide) groups is 1. The number of fused-ring (bicyclic) bond motifs is 2. The van der Waals surface area contributed by atoms with Crippen molar-refractivity contribution < 1.29 is 29.3 Å². The molecule has 0 unspecified atom stereocenters. The summed E-state index contributed by atoms with van der Waals surface area (Å²) in [5.41, 5.74) is 5.58. The summed E-state index contributed by atoms with van der Waals surface area (Å²) >= 11 is 1.97. The van der Waals surface area contributed by atoms with Crippen LogP contribution in [0.15, 0.2) is 102 Å². The van der Waals surface area contributed by atoms with E-state index in [0.717, 1.165) is 90.4 Å². The van der Waals surface area contributed by atoms with Gasteiger partial charge in [0.2, 0.25) is 5.79 Å². The predicted molar refractivity (Wildman–Crippen MR) is 267 cm³/mol. The summed E-state index contributed by atoms with van der Waals surface area (Å²) in [5.74, 6) is 2.81. The molecule has 0 aromatic heterocycles. The molecule has 0 radical (unpaired) electrons. The molecule has 3 aliphatic rings. The molecule has 1 aliphatic heterocycles. The van der Waals surface area contributed by atoms with Crippen molar-refractivity contribution in [3.8, 4) is 28.4 Å². The molecule has 6 atom stereocenters. The van der Waals surface area contributed by atoms with Crippen LogP contribution in [0.1, 0.15) is 153 Å². The Morgan fingerprint density at radius 3 is 2.02 bits per heavy atom. The molecule has 1 fully saturated rings. The van der Waals surface area contributed by atoms with E-state index < -0.39 is 5.79 Å². The fraction of sp³-hybridized carbons (Fsp3) is 0.589. The third-order valence-electron chi connectivity index (χ3n) is 13.8. The number of aliphatic hydroxyl groups excluding tert-OH is 2. The Kier molecular flexibility index (Phi) is 21.2. The molecule has 3 aromatic rings. The zero-order valence-electron chi connectivity index (χ0n) is 39.2. The van der Waals surface area contributed by atoms with E-state index in [4.69, 9.17) is 24.2 Å². The highest BCUT2D eigenvalue weighted by Crippen LogP contribution is 2.62. The maximum absolute atomic E-state index is 9.97. The topological polar surface area (TPSA) is 89.7 Å². The average Bonchev–Trinajstić information content (AvgIpc) is 3.32. The highest BCUT2D eigenvalue weighted by atomic mass is 32.2. The smallest absolute Gasteiger partial charge is 0.230 e. The van der Waals surface area contributed by atoms with E-state index in [-0.39, 0.29) is 42.1 Å². The molecule has 350 valence electrons. The number of unbranched alkanes of at least 4 members (excludes halogenated alkanes) is 15. The molecule has 0 saturated heterocycles. The molecule has 1 saturated carbocycles. The van der Waals surface area contributed by atoms with Crippen molar-refractivity contribution >= 4 is 17.5 Å². The van der Waals surface area contributed by atoms with Crippen molar-refractivity contribution in [3.05, 3.63) is 103 Å². The van der Waals surface area contributed by atoms with Gasteiger partial charge in [0, 0.05) is 31.1 Å². The van der Waals surface area contributed by atoms with Gasteiger partial charge in [-0.15, -0.1) is 6.58 Å². The van der Waals surface area contributed by atoms with E-state index in [1.165, 1.54) is 89.0 Å². The number of hydrogen-bond acceptors (Lipinski definition) is 8. The second-order valence-corrected chi connectivity index (χ2v) is 19.7. The van der Waals surface area contributed by atoms with Gasteiger partial charge in [-0.2, -0.15) is 11.8 Å². The molecule has 0 amide bonds. The highest BCUT2D eigenvalue weighted by Gasteiger charge is 2.64. The summed E-state index contributed by atoms with van der Waals surface area (Å²) in [5, 5.41) is 24.6. The minimum absolute atomic E-state index is 0.0239. The summed E-state index contributed by atoms with van der Waals surface area (Å²) in [7, 11) is 1.65. The first-order chi connectivity index (χ1) is 31.6. The van der Waals surface area contributed by atoms with Gasteiger partial charge in [-0.1, -0.05) is 163 Å². The van der Waals surface area contributed by atoms with Gasteiger partial charge in [-0.3, -0.25) is 0 Å². The normalized spacial score (nSPS) is 22.9. The standard InChI is InChI=1S/C56H79NO6S/c1-4-6-7-8-9-10-11-12-13-14-15-16-17-25-39-64-53-42-51(57-60-3)49-40-45(28-21-23-36-58)48(29-22-24-37-59)54-50-41-47(34-35-52(50)63-56(53,55(49)54)61-38-5-2)62-46-32-30-44(31-33-46)43-26-19-18-20-27-43/h5,18-20,26-27,30-35,40-41,45,48,53-55,58-59H,2,4,6-17,21-25,28-29,36-39,42H2,1,3H3/t45-,48+,53-,54+,55+,56+/m0/s1. The molecule has 8 heteroatoms. The lowest BCUT2D eigenvalue weighted by molar-refractivity contribution is -0.223. The lowest BCUT2D eigenvalue weighted by atomic mass is 9.56. The first-order valence-electron chi connectivity index (χ1n) is 25.1. The summed E-state index contributed by atoms with van der Waals surface area (Å²) in [6, 6.07) is 25.0. The van der Waals surface area contributed by atoms with Crippen molar-refractivity contribution in [2.75, 3.05) is 32.7 Å². The number of hydrogen-bond donors (Lipinski definition) is 2. The number of aliphatic hydroxyl groups is 2. The molecule has 64 heavy (non-hydrogen) atoms. The van der Waals surface area contributed by atoms with E-state index in [0.29, 0.717) is 13.0 Å². The highest BCUT2D eigenvalue weighted by molar-refractivity contribution is 8.00. The van der Waals surface area contributed by atoms with Crippen LogP contribution in [0.5, 0.6) is 17.2 Å². The largest absolute Gasteiger partial charge is 0.460 e. The van der Waals surface area contributed by atoms with Crippen LogP contribution in [0.4, 0.5) is 0 Å². The van der Waals surface area contributed by atoms with Crippen molar-refractivity contribution in [1.29, 1.82) is 0 Å². The summed E-state index contributed by atoms with van der Waals surface area (Å²) in [6.07, 6.45) is 29.1. The van der Waals surface area contributed by atoms with Crippen LogP contribution >= 0.6 is 11.8 Å². The lowest BCUT2D eigenvalue weighted by Crippen LogP contribution is -2.64. The number of ether oxygens (including phenoxy) is 3. The number of allylic oxidation sites excluding steroid dienone is 1. The van der Waals surface area contributed by atoms with Crippen LogP contribution in [0.3, 0.4) is 0 Å². The van der Waals surface area contributed by atoms with Crippen LogP contribution in [-0.4, -0.2) is 59.6 Å². The SMILES string of the molecule is C=CCO[C@@]12Oc3ccc(Oc4ccc(-c5ccccc5)cc4)cc3[C@H]3[C@H](CCCCO)[C@@H](CCCCO)C=C(C(=NOC)C[C@@H]1SCCCCCCCCCCCCCCCC)[C@H]32. The Balaban J connectivity index is 1.24. The van der Waals surface area contributed by atoms with Gasteiger partial charge in [0.15, 0.2) is 0 Å². The van der Waals surface area contributed by atoms with Gasteiger partial charge in [0.05, 0.1) is 23.5 Å². The zero-order valence-corrected chi connectivity index (χ0v) is 40.1. The van der Waals surface area contributed by atoms with E-state index in [1.807, 2.05) is 42.1 Å². The molecule has 2 aliphatic carbocycles. The Labute approximate surface area is 390 Å². The third-order valence-corrected chi connectivity index (χ3v) is 15.3. The monoisotopic (exact) mass is 894 g/mol. The predicted octanol–water partition coefficient (Wildman–Crippen LogP) is 14.6. The van der Waals surface area contributed by atoms with E-state index in [2.05, 4.69) is 68.1 Å². The minimum Gasteiger partial charge on any atom is -0.460 e. The zero-order chi connectivity index (χ0) is 44.8. The fourth-order valence-electron chi connectivity index (χ4n) is 10.7. The Morgan fingerprint density at radius 2 is 1.38 bits per heavy atom. The Morgan fingerprint density at radius 1 is 0.750 bits per heavy atom. The van der Waals surface area contributed by atoms with Crippen molar-refractivity contribution in [1.82, 2.24) is 0 Å². The van der Waals surface area contributed by atoms with Gasteiger partial charge in [-0.25, -0.2) is 0 Å². The molecule has 7 nitrogen and oxygen atoms in total. The Bertz CT molecular complexity index is 1860. The molecule has 0 bridgehead atoms. The molecule has 6 rings (SSSR count). The molecular weight excluding hydrogens is 815 g/mol. The maximum Gasteiger partial charge on any atom is 0.230 e. The van der Waals surface area contributed by atoms with Gasteiger partial charge in [0.1, 0.15) is 24.4 Å². The first kappa shape index (κ1) is 49.9. The molecule has 0 spiro atoms. The van der Waals surface area contributed by atoms with Crippen LogP contribution in [0.2, 0.25) is 0 Å². The molecule has 3 aromatic carbocycles. The van der Waals surface area contributed by atoms with Crippen molar-refractivity contribution in [2.45, 2.75) is 159 Å². The van der Waals surface area contributed by atoms with Gasteiger partial charge < -0.3 is 29.3 Å². The number of benzene rings is 3. The number of nitrogens with zero attached hydrogens (tertiary/aromatic N) is 1. The minimum atomic E-state index is -0.952. The molecular formula is C56H79NO6S. The number of rotatable bonds is 31. The summed E-state index contributed by atoms with van der Waals surface area (Å²) in [4.78, 5) is 5.64. The van der Waals surface area contributed by atoms with Crippen LogP contribution in [-0.2, 0) is 9.57 Å². The summed E-state index contributed by atoms with van der Waals surface area (Å²) < 4.78 is 21.1. The quantitative estimate of drug-likeness (QED) is 0.0378. The lowest BCUT2D eigenvalue weighted by Gasteiger charge is -2.58. The average molecular weight is 894 g/mol. The third kappa shape index (κ3) is 13.5. The van der Waals surface area contributed by atoms with Gasteiger partial charge in [-0.05, 0) is 96.7 Å². The van der Waals surface area contributed by atoms with Gasteiger partial charge in [0.25, 0.3) is 0 Å². The van der Waals surface area contributed by atoms with Crippen LogP contribution in [0, 0.1) is 17.8 Å². The van der Waals surface area contributed by atoms with E-state index >= 15 is 0 Å². The van der Waals surface area contributed by atoms with E-state index in [1.54, 1.807) is 7.11 Å². The van der Waals surface area contributed by atoms with Gasteiger partial charge >= 0.3 is 0 Å². The second kappa shape index (κ2) is 27.2.